The quantitative estimate of drug-likeness (QED) is 0.130. The van der Waals surface area contributed by atoms with Crippen molar-refractivity contribution in [3.63, 3.8) is 0 Å². The Bertz CT molecular complexity index is 789. The van der Waals surface area contributed by atoms with Gasteiger partial charge in [0, 0.05) is 24.1 Å². The molecule has 0 aliphatic carbocycles. The van der Waals surface area contributed by atoms with Gasteiger partial charge >= 0.3 is 11.9 Å². The largest absolute Gasteiger partial charge is 0.481 e. The minimum absolute atomic E-state index is 0.0173. The summed E-state index contributed by atoms with van der Waals surface area (Å²) in [7, 11) is 0. The molecular weight excluding hydrogens is 436 g/mol. The van der Waals surface area contributed by atoms with Crippen LogP contribution in [0.2, 0.25) is 0 Å². The maximum Gasteiger partial charge on any atom is 0.326 e. The van der Waals surface area contributed by atoms with Crippen LogP contribution in [0.1, 0.15) is 12.1 Å². The molecule has 0 radical (unpaired) electrons. The molecule has 4 unspecified atom stereocenters. The predicted molar refractivity (Wildman–Crippen MR) is 107 cm³/mol. The molecule has 1 aromatic rings. The SMILES string of the molecule is NC(CS)C(=O)NC(CO)C(=O)NC(Cc1cnc[nH]1)C(=O)NC(CC(=O)O)C(=O)O. The van der Waals surface area contributed by atoms with Crippen LogP contribution in [-0.2, 0) is 30.4 Å². The number of aromatic nitrogens is 2. The summed E-state index contributed by atoms with van der Waals surface area (Å²) in [5.74, 6) is -5.75. The number of carboxylic acid groups (broad SMARTS) is 2. The maximum absolute atomic E-state index is 12.6. The average molecular weight is 460 g/mol. The number of amides is 3. The Morgan fingerprint density at radius 2 is 1.61 bits per heavy atom. The first-order valence-electron chi connectivity index (χ1n) is 8.89. The number of aliphatic hydroxyl groups excluding tert-OH is 1. The molecule has 0 aromatic carbocycles. The van der Waals surface area contributed by atoms with Gasteiger partial charge < -0.3 is 42.0 Å². The fourth-order valence-corrected chi connectivity index (χ4v) is 2.47. The van der Waals surface area contributed by atoms with Crippen molar-refractivity contribution in [1.29, 1.82) is 0 Å². The van der Waals surface area contributed by atoms with Crippen LogP contribution in [0.5, 0.6) is 0 Å². The van der Waals surface area contributed by atoms with Gasteiger partial charge in [0.1, 0.15) is 18.1 Å². The van der Waals surface area contributed by atoms with Gasteiger partial charge in [-0.2, -0.15) is 12.6 Å². The Morgan fingerprint density at radius 1 is 1.03 bits per heavy atom. The van der Waals surface area contributed by atoms with Gasteiger partial charge in [0.05, 0.1) is 25.4 Å². The van der Waals surface area contributed by atoms with Gasteiger partial charge in [-0.3, -0.25) is 19.2 Å². The van der Waals surface area contributed by atoms with E-state index in [4.69, 9.17) is 15.9 Å². The van der Waals surface area contributed by atoms with Crippen LogP contribution in [0.15, 0.2) is 12.5 Å². The Balaban J connectivity index is 2.97. The highest BCUT2D eigenvalue weighted by atomic mass is 32.1. The van der Waals surface area contributed by atoms with Gasteiger partial charge in [-0.25, -0.2) is 9.78 Å². The number of rotatable bonds is 13. The predicted octanol–water partition coefficient (Wildman–Crippen LogP) is -3.78. The number of aromatic amines is 1. The molecule has 31 heavy (non-hydrogen) atoms. The third kappa shape index (κ3) is 8.61. The molecule has 3 amide bonds. The lowest BCUT2D eigenvalue weighted by Crippen LogP contribution is -2.58. The number of thiol groups is 1. The van der Waals surface area contributed by atoms with E-state index in [2.05, 4.69) is 33.2 Å². The number of hydrogen-bond donors (Lipinski definition) is 9. The average Bonchev–Trinajstić information content (AvgIpc) is 3.22. The Morgan fingerprint density at radius 3 is 2.10 bits per heavy atom. The highest BCUT2D eigenvalue weighted by Gasteiger charge is 2.31. The first kappa shape index (κ1) is 25.9. The van der Waals surface area contributed by atoms with Crippen LogP contribution in [0.25, 0.3) is 0 Å². The van der Waals surface area contributed by atoms with E-state index in [-0.39, 0.29) is 12.2 Å². The summed E-state index contributed by atoms with van der Waals surface area (Å²) < 4.78 is 0. The summed E-state index contributed by atoms with van der Waals surface area (Å²) in [6.45, 7) is -0.813. The Labute approximate surface area is 181 Å². The molecule has 1 rings (SSSR count). The lowest BCUT2D eigenvalue weighted by molar-refractivity contribution is -0.147. The van der Waals surface area contributed by atoms with E-state index in [1.165, 1.54) is 12.5 Å². The molecule has 0 aliphatic rings. The number of hydrogen-bond acceptors (Lipinski definition) is 9. The number of nitrogens with one attached hydrogen (secondary N) is 4. The van der Waals surface area contributed by atoms with E-state index in [1.807, 2.05) is 5.32 Å². The zero-order valence-electron chi connectivity index (χ0n) is 16.1. The molecule has 0 saturated carbocycles. The summed E-state index contributed by atoms with van der Waals surface area (Å²) >= 11 is 3.86. The van der Waals surface area contributed by atoms with Crippen LogP contribution in [0.4, 0.5) is 0 Å². The molecule has 1 heterocycles. The lowest BCUT2D eigenvalue weighted by Gasteiger charge is -2.23. The van der Waals surface area contributed by atoms with Gasteiger partial charge in [-0.15, -0.1) is 0 Å². The molecule has 15 heteroatoms. The molecule has 1 aromatic heterocycles. The second-order valence-electron chi connectivity index (χ2n) is 6.37. The number of aliphatic carboxylic acids is 2. The van der Waals surface area contributed by atoms with Crippen molar-refractivity contribution in [2.24, 2.45) is 5.73 Å². The van der Waals surface area contributed by atoms with E-state index in [9.17, 15) is 29.1 Å². The smallest absolute Gasteiger partial charge is 0.326 e. The number of nitrogens with zero attached hydrogens (tertiary/aromatic N) is 1. The van der Waals surface area contributed by atoms with Gasteiger partial charge in [0.15, 0.2) is 0 Å². The van der Waals surface area contributed by atoms with E-state index in [1.54, 1.807) is 0 Å². The first-order chi connectivity index (χ1) is 14.6. The zero-order valence-corrected chi connectivity index (χ0v) is 17.0. The van der Waals surface area contributed by atoms with E-state index in [0.29, 0.717) is 5.69 Å². The molecule has 172 valence electrons. The Hall–Kier alpha value is -3.17. The minimum atomic E-state index is -1.74. The fraction of sp³-hybridized carbons (Fsp3) is 0.500. The van der Waals surface area contributed by atoms with Gasteiger partial charge in [-0.1, -0.05) is 0 Å². The molecule has 14 nitrogen and oxygen atoms in total. The van der Waals surface area contributed by atoms with Crippen LogP contribution in [-0.4, -0.2) is 91.5 Å². The number of H-pyrrole nitrogens is 1. The number of carboxylic acids is 2. The summed E-state index contributed by atoms with van der Waals surface area (Å²) in [4.78, 5) is 65.5. The van der Waals surface area contributed by atoms with Gasteiger partial charge in [0.2, 0.25) is 17.7 Å². The molecule has 4 atom stereocenters. The second-order valence-corrected chi connectivity index (χ2v) is 6.74. The highest BCUT2D eigenvalue weighted by Crippen LogP contribution is 2.02. The van der Waals surface area contributed by atoms with Crippen LogP contribution in [0.3, 0.4) is 0 Å². The van der Waals surface area contributed by atoms with Crippen molar-refractivity contribution < 1.29 is 39.3 Å². The second kappa shape index (κ2) is 12.5. The number of imidazole rings is 1. The zero-order chi connectivity index (χ0) is 23.6. The monoisotopic (exact) mass is 460 g/mol. The number of nitrogens with two attached hydrogens (primary N) is 1. The van der Waals surface area contributed by atoms with Crippen molar-refractivity contribution in [2.75, 3.05) is 12.4 Å². The molecule has 0 aliphatic heterocycles. The number of carbonyl (C=O) groups is 5. The van der Waals surface area contributed by atoms with Crippen LogP contribution in [0, 0.1) is 0 Å². The molecule has 0 saturated heterocycles. The molecule has 9 N–H and O–H groups in total. The standard InChI is InChI=1S/C16H24N6O8S/c17-8(5-31)13(26)22-11(4-23)15(28)20-9(1-7-3-18-6-19-7)14(27)21-10(16(29)30)2-12(24)25/h3,6,8-11,23,31H,1-2,4-5,17H2,(H,18,19)(H,20,28)(H,21,27)(H,22,26)(H,24,25)(H,29,30). The van der Waals surface area contributed by atoms with E-state index < -0.39 is 66.9 Å². The molecular formula is C16H24N6O8S. The third-order valence-corrected chi connectivity index (χ3v) is 4.35. The fourth-order valence-electron chi connectivity index (χ4n) is 2.30. The van der Waals surface area contributed by atoms with Crippen LogP contribution >= 0.6 is 12.6 Å². The molecule has 0 bridgehead atoms. The molecule has 0 fully saturated rings. The topological polar surface area (TPSA) is 237 Å². The highest BCUT2D eigenvalue weighted by molar-refractivity contribution is 7.80. The Kier molecular flexibility index (Phi) is 10.4. The summed E-state index contributed by atoms with van der Waals surface area (Å²) in [6.07, 6.45) is 1.61. The van der Waals surface area contributed by atoms with Gasteiger partial charge in [0.25, 0.3) is 0 Å². The minimum Gasteiger partial charge on any atom is -0.481 e. The normalized spacial score (nSPS) is 14.5. The van der Waals surface area contributed by atoms with Crippen molar-refractivity contribution >= 4 is 42.3 Å². The van der Waals surface area contributed by atoms with Crippen molar-refractivity contribution in [1.82, 2.24) is 25.9 Å². The maximum atomic E-state index is 12.6. The van der Waals surface area contributed by atoms with E-state index in [0.717, 1.165) is 0 Å². The van der Waals surface area contributed by atoms with E-state index >= 15 is 0 Å². The van der Waals surface area contributed by atoms with Crippen LogP contribution < -0.4 is 21.7 Å². The summed E-state index contributed by atoms with van der Waals surface area (Å²) in [6, 6.07) is -5.62. The summed E-state index contributed by atoms with van der Waals surface area (Å²) in [5.41, 5.74) is 5.90. The number of carbonyl (C=O) groups excluding carboxylic acids is 3. The first-order valence-corrected chi connectivity index (χ1v) is 9.52. The van der Waals surface area contributed by atoms with Crippen molar-refractivity contribution in [2.45, 2.75) is 37.0 Å². The summed E-state index contributed by atoms with van der Waals surface area (Å²) in [5, 5.41) is 33.9. The van der Waals surface area contributed by atoms with Gasteiger partial charge in [-0.05, 0) is 0 Å². The van der Waals surface area contributed by atoms with Crippen molar-refractivity contribution in [3.8, 4) is 0 Å². The lowest BCUT2D eigenvalue weighted by atomic mass is 10.1. The van der Waals surface area contributed by atoms with Crippen molar-refractivity contribution in [3.05, 3.63) is 18.2 Å². The third-order valence-electron chi connectivity index (χ3n) is 3.95. The number of aliphatic hydroxyl groups is 1. The molecule has 0 spiro atoms.